The Labute approximate surface area is 122 Å². The molecule has 21 heavy (non-hydrogen) atoms. The monoisotopic (exact) mass is 280 g/mol. The van der Waals surface area contributed by atoms with Crippen molar-refractivity contribution in [1.29, 1.82) is 5.26 Å². The topological polar surface area (TPSA) is 44.1 Å². The van der Waals surface area contributed by atoms with E-state index in [1.165, 1.54) is 12.1 Å². The molecule has 0 radical (unpaired) electrons. The minimum Gasteiger partial charge on any atom is -0.331 e. The van der Waals surface area contributed by atoms with Gasteiger partial charge in [-0.25, -0.2) is 4.39 Å². The number of carbonyl (C=O) groups is 1. The Morgan fingerprint density at radius 1 is 1.19 bits per heavy atom. The van der Waals surface area contributed by atoms with E-state index in [1.54, 1.807) is 41.3 Å². The molecule has 0 unspecified atom stereocenters. The summed E-state index contributed by atoms with van der Waals surface area (Å²) < 4.78 is 13.0. The van der Waals surface area contributed by atoms with Crippen LogP contribution in [-0.4, -0.2) is 17.4 Å². The SMILES string of the molecule is N#Cc1ccccc1C(=O)N1CC[C@H]1c1ccc(F)cc1. The molecule has 1 atom stereocenters. The summed E-state index contributed by atoms with van der Waals surface area (Å²) in [5.41, 5.74) is 1.73. The molecule has 4 heteroatoms. The molecular formula is C17H13FN2O. The molecule has 3 nitrogen and oxygen atoms in total. The maximum atomic E-state index is 13.0. The van der Waals surface area contributed by atoms with Crippen molar-refractivity contribution in [3.8, 4) is 6.07 Å². The molecule has 1 amide bonds. The Bertz CT molecular complexity index is 718. The molecule has 0 saturated carbocycles. The van der Waals surface area contributed by atoms with Crippen molar-refractivity contribution in [1.82, 2.24) is 4.90 Å². The Balaban J connectivity index is 1.86. The van der Waals surface area contributed by atoms with Gasteiger partial charge in [0.1, 0.15) is 5.82 Å². The van der Waals surface area contributed by atoms with Gasteiger partial charge in [-0.2, -0.15) is 5.26 Å². The number of nitrogens with zero attached hydrogens (tertiary/aromatic N) is 2. The Hall–Kier alpha value is -2.67. The van der Waals surface area contributed by atoms with E-state index in [0.717, 1.165) is 12.0 Å². The van der Waals surface area contributed by atoms with Gasteiger partial charge in [0, 0.05) is 6.54 Å². The van der Waals surface area contributed by atoms with Crippen molar-refractivity contribution < 1.29 is 9.18 Å². The van der Waals surface area contributed by atoms with Crippen LogP contribution < -0.4 is 0 Å². The quantitative estimate of drug-likeness (QED) is 0.847. The van der Waals surface area contributed by atoms with Gasteiger partial charge >= 0.3 is 0 Å². The van der Waals surface area contributed by atoms with Crippen molar-refractivity contribution >= 4 is 5.91 Å². The fraction of sp³-hybridized carbons (Fsp3) is 0.176. The van der Waals surface area contributed by atoms with Gasteiger partial charge in [-0.05, 0) is 36.2 Å². The summed E-state index contributed by atoms with van der Waals surface area (Å²) in [6.07, 6.45) is 0.853. The second-order valence-electron chi connectivity index (χ2n) is 5.01. The summed E-state index contributed by atoms with van der Waals surface area (Å²) in [7, 11) is 0. The number of halogens is 1. The van der Waals surface area contributed by atoms with Gasteiger partial charge in [-0.1, -0.05) is 24.3 Å². The number of nitriles is 1. The van der Waals surface area contributed by atoms with Crippen molar-refractivity contribution in [2.45, 2.75) is 12.5 Å². The molecule has 3 rings (SSSR count). The van der Waals surface area contributed by atoms with Gasteiger partial charge in [0.05, 0.1) is 23.2 Å². The summed E-state index contributed by atoms with van der Waals surface area (Å²) >= 11 is 0. The molecule has 0 bridgehead atoms. The average molecular weight is 280 g/mol. The molecule has 1 aliphatic rings. The summed E-state index contributed by atoms with van der Waals surface area (Å²) in [6, 6.07) is 15.0. The predicted molar refractivity (Wildman–Crippen MR) is 76.0 cm³/mol. The normalized spacial score (nSPS) is 17.0. The molecule has 104 valence electrons. The fourth-order valence-corrected chi connectivity index (χ4v) is 2.58. The molecule has 1 saturated heterocycles. The highest BCUT2D eigenvalue weighted by Crippen LogP contribution is 2.34. The highest BCUT2D eigenvalue weighted by molar-refractivity contribution is 5.97. The van der Waals surface area contributed by atoms with Crippen molar-refractivity contribution in [3.63, 3.8) is 0 Å². The lowest BCUT2D eigenvalue weighted by molar-refractivity contribution is 0.0460. The zero-order chi connectivity index (χ0) is 14.8. The van der Waals surface area contributed by atoms with Crippen LogP contribution in [0.25, 0.3) is 0 Å². The first-order chi connectivity index (χ1) is 10.2. The third-order valence-electron chi connectivity index (χ3n) is 3.81. The van der Waals surface area contributed by atoms with Crippen LogP contribution in [-0.2, 0) is 0 Å². The predicted octanol–water partition coefficient (Wildman–Crippen LogP) is 3.28. The first kappa shape index (κ1) is 13.3. The maximum absolute atomic E-state index is 13.0. The number of likely N-dealkylation sites (tertiary alicyclic amines) is 1. The molecule has 2 aromatic carbocycles. The average Bonchev–Trinajstić information content (AvgIpc) is 2.48. The molecule has 1 heterocycles. The minimum absolute atomic E-state index is 0.0372. The third kappa shape index (κ3) is 2.38. The van der Waals surface area contributed by atoms with Gasteiger partial charge in [0.25, 0.3) is 5.91 Å². The molecule has 1 fully saturated rings. The summed E-state index contributed by atoms with van der Waals surface area (Å²) in [5.74, 6) is -0.432. The largest absolute Gasteiger partial charge is 0.331 e. The van der Waals surface area contributed by atoms with E-state index in [-0.39, 0.29) is 17.8 Å². The first-order valence-corrected chi connectivity index (χ1v) is 6.76. The van der Waals surface area contributed by atoms with Crippen molar-refractivity contribution in [2.75, 3.05) is 6.54 Å². The zero-order valence-electron chi connectivity index (χ0n) is 11.3. The summed E-state index contributed by atoms with van der Waals surface area (Å²) in [5, 5.41) is 9.09. The van der Waals surface area contributed by atoms with Crippen LogP contribution in [0.1, 0.15) is 33.9 Å². The molecule has 0 aromatic heterocycles. The van der Waals surface area contributed by atoms with Gasteiger partial charge in [0.15, 0.2) is 0 Å². The van der Waals surface area contributed by atoms with E-state index in [4.69, 9.17) is 5.26 Å². The van der Waals surface area contributed by atoms with Gasteiger partial charge in [0.2, 0.25) is 0 Å². The Morgan fingerprint density at radius 2 is 1.90 bits per heavy atom. The maximum Gasteiger partial charge on any atom is 0.255 e. The second-order valence-corrected chi connectivity index (χ2v) is 5.01. The lowest BCUT2D eigenvalue weighted by Gasteiger charge is -2.41. The van der Waals surface area contributed by atoms with Crippen LogP contribution >= 0.6 is 0 Å². The minimum atomic E-state index is -0.286. The van der Waals surface area contributed by atoms with Crippen LogP contribution in [0, 0.1) is 17.1 Å². The van der Waals surface area contributed by atoms with E-state index in [2.05, 4.69) is 0 Å². The van der Waals surface area contributed by atoms with Gasteiger partial charge < -0.3 is 4.90 Å². The number of hydrogen-bond donors (Lipinski definition) is 0. The first-order valence-electron chi connectivity index (χ1n) is 6.76. The molecule has 0 spiro atoms. The number of amides is 1. The molecule has 0 N–H and O–H groups in total. The lowest BCUT2D eigenvalue weighted by atomic mass is 9.93. The third-order valence-corrected chi connectivity index (χ3v) is 3.81. The smallest absolute Gasteiger partial charge is 0.255 e. The van der Waals surface area contributed by atoms with E-state index in [1.807, 2.05) is 6.07 Å². The highest BCUT2D eigenvalue weighted by atomic mass is 19.1. The lowest BCUT2D eigenvalue weighted by Crippen LogP contribution is -2.45. The second kappa shape index (κ2) is 5.37. The molecular weight excluding hydrogens is 267 g/mol. The molecule has 1 aliphatic heterocycles. The van der Waals surface area contributed by atoms with Gasteiger partial charge in [-0.3, -0.25) is 4.79 Å². The standard InChI is InChI=1S/C17H13FN2O/c18-14-7-5-12(6-8-14)16-9-10-20(16)17(21)15-4-2-1-3-13(15)11-19/h1-8,16H,9-10H2/t16-/m0/s1. The van der Waals surface area contributed by atoms with Crippen LogP contribution in [0.4, 0.5) is 4.39 Å². The van der Waals surface area contributed by atoms with Crippen LogP contribution in [0.3, 0.4) is 0 Å². The molecule has 2 aromatic rings. The zero-order valence-corrected chi connectivity index (χ0v) is 11.3. The highest BCUT2D eigenvalue weighted by Gasteiger charge is 2.34. The van der Waals surface area contributed by atoms with Crippen molar-refractivity contribution in [2.24, 2.45) is 0 Å². The molecule has 0 aliphatic carbocycles. The number of benzene rings is 2. The Morgan fingerprint density at radius 3 is 2.52 bits per heavy atom. The Kier molecular flexibility index (Phi) is 3.41. The fourth-order valence-electron chi connectivity index (χ4n) is 2.58. The van der Waals surface area contributed by atoms with Crippen molar-refractivity contribution in [3.05, 3.63) is 71.0 Å². The van der Waals surface area contributed by atoms with Crippen LogP contribution in [0.2, 0.25) is 0 Å². The number of hydrogen-bond acceptors (Lipinski definition) is 2. The van der Waals surface area contributed by atoms with E-state index >= 15 is 0 Å². The van der Waals surface area contributed by atoms with Gasteiger partial charge in [-0.15, -0.1) is 0 Å². The van der Waals surface area contributed by atoms with E-state index < -0.39 is 0 Å². The number of rotatable bonds is 2. The van der Waals surface area contributed by atoms with Crippen LogP contribution in [0.15, 0.2) is 48.5 Å². The number of carbonyl (C=O) groups excluding carboxylic acids is 1. The van der Waals surface area contributed by atoms with Crippen LogP contribution in [0.5, 0.6) is 0 Å². The van der Waals surface area contributed by atoms with E-state index in [0.29, 0.717) is 17.7 Å². The summed E-state index contributed by atoms with van der Waals surface area (Å²) in [6.45, 7) is 0.653. The van der Waals surface area contributed by atoms with E-state index in [9.17, 15) is 9.18 Å². The summed E-state index contributed by atoms with van der Waals surface area (Å²) in [4.78, 5) is 14.3.